The van der Waals surface area contributed by atoms with Crippen molar-refractivity contribution in [3.05, 3.63) is 0 Å². The molecule has 0 spiro atoms. The van der Waals surface area contributed by atoms with Gasteiger partial charge in [0.15, 0.2) is 0 Å². The Kier molecular flexibility index (Phi) is 6.62. The second-order valence-corrected chi connectivity index (χ2v) is 3.35. The number of rotatable bonds is 8. The fourth-order valence-corrected chi connectivity index (χ4v) is 1.18. The monoisotopic (exact) mass is 208 g/mol. The van der Waals surface area contributed by atoms with Crippen LogP contribution in [0.1, 0.15) is 39.0 Å². The zero-order valence-electron chi connectivity index (χ0n) is 8.76. The number of aldehydes is 1. The maximum Gasteiger partial charge on any atom is 0.248 e. The van der Waals surface area contributed by atoms with Crippen LogP contribution in [0, 0.1) is 0 Å². The van der Waals surface area contributed by atoms with E-state index in [9.17, 15) is 13.6 Å². The first-order chi connectivity index (χ1) is 6.55. The zero-order valence-corrected chi connectivity index (χ0v) is 8.76. The summed E-state index contributed by atoms with van der Waals surface area (Å²) in [6, 6.07) is 0. The molecule has 0 aromatic carbocycles. The highest BCUT2D eigenvalue weighted by molar-refractivity contribution is 5.49. The van der Waals surface area contributed by atoms with E-state index in [1.807, 2.05) is 0 Å². The molecule has 0 fully saturated rings. The van der Waals surface area contributed by atoms with Crippen molar-refractivity contribution in [2.75, 3.05) is 7.11 Å². The fourth-order valence-electron chi connectivity index (χ4n) is 1.18. The van der Waals surface area contributed by atoms with Gasteiger partial charge in [0.1, 0.15) is 6.29 Å². The van der Waals surface area contributed by atoms with Crippen molar-refractivity contribution in [3.8, 4) is 0 Å². The Morgan fingerprint density at radius 1 is 1.43 bits per heavy atom. The lowest BCUT2D eigenvalue weighted by molar-refractivity contribution is -0.108. The van der Waals surface area contributed by atoms with E-state index < -0.39 is 5.92 Å². The van der Waals surface area contributed by atoms with Crippen molar-refractivity contribution >= 4 is 6.29 Å². The first-order valence-corrected chi connectivity index (χ1v) is 4.90. The molecule has 0 rings (SSSR count). The summed E-state index contributed by atoms with van der Waals surface area (Å²) in [4.78, 5) is 10.1. The lowest BCUT2D eigenvalue weighted by Crippen LogP contribution is -2.19. The molecule has 84 valence electrons. The minimum atomic E-state index is -2.60. The number of hydrogen-bond acceptors (Lipinski definition) is 2. The van der Waals surface area contributed by atoms with Crippen molar-refractivity contribution in [3.63, 3.8) is 0 Å². The molecular formula is C10H18F2O2. The third kappa shape index (κ3) is 6.02. The van der Waals surface area contributed by atoms with Crippen LogP contribution in [0.5, 0.6) is 0 Å². The normalized spacial score (nSPS) is 14.0. The Bertz CT molecular complexity index is 160. The first-order valence-electron chi connectivity index (χ1n) is 4.90. The Balaban J connectivity index is 3.76. The molecule has 0 N–H and O–H groups in total. The summed E-state index contributed by atoms with van der Waals surface area (Å²) in [5.41, 5.74) is 0. The molecule has 0 amide bonds. The number of alkyl halides is 2. The smallest absolute Gasteiger partial charge is 0.248 e. The standard InChI is InChI=1S/C10H18F2O2/c1-3-10(11,12)7-6-9(14-2)5-4-8-13/h8-9H,3-7H2,1-2H3. The van der Waals surface area contributed by atoms with E-state index in [2.05, 4.69) is 0 Å². The third-order valence-corrected chi connectivity index (χ3v) is 2.29. The molecule has 0 radical (unpaired) electrons. The molecule has 0 bridgehead atoms. The van der Waals surface area contributed by atoms with E-state index in [4.69, 9.17) is 4.74 Å². The van der Waals surface area contributed by atoms with E-state index in [1.165, 1.54) is 14.0 Å². The Hall–Kier alpha value is -0.510. The topological polar surface area (TPSA) is 26.3 Å². The maximum atomic E-state index is 12.8. The van der Waals surface area contributed by atoms with Gasteiger partial charge in [0.25, 0.3) is 0 Å². The lowest BCUT2D eigenvalue weighted by atomic mass is 10.0. The second kappa shape index (κ2) is 6.87. The van der Waals surface area contributed by atoms with Crippen LogP contribution in [0.15, 0.2) is 0 Å². The molecule has 0 aromatic heterocycles. The van der Waals surface area contributed by atoms with Gasteiger partial charge in [-0.3, -0.25) is 0 Å². The van der Waals surface area contributed by atoms with Gasteiger partial charge in [-0.15, -0.1) is 0 Å². The predicted molar refractivity (Wildman–Crippen MR) is 50.6 cm³/mol. The van der Waals surface area contributed by atoms with Gasteiger partial charge in [-0.1, -0.05) is 6.92 Å². The number of methoxy groups -OCH3 is 1. The highest BCUT2D eigenvalue weighted by atomic mass is 19.3. The van der Waals surface area contributed by atoms with Crippen molar-refractivity contribution in [1.82, 2.24) is 0 Å². The van der Waals surface area contributed by atoms with Crippen LogP contribution in [0.25, 0.3) is 0 Å². The van der Waals surface area contributed by atoms with Gasteiger partial charge < -0.3 is 9.53 Å². The lowest BCUT2D eigenvalue weighted by Gasteiger charge is -2.18. The largest absolute Gasteiger partial charge is 0.381 e. The van der Waals surface area contributed by atoms with Crippen molar-refractivity contribution in [2.45, 2.75) is 51.1 Å². The van der Waals surface area contributed by atoms with Gasteiger partial charge in [0, 0.05) is 26.4 Å². The second-order valence-electron chi connectivity index (χ2n) is 3.35. The number of hydrogen-bond donors (Lipinski definition) is 0. The molecule has 0 saturated carbocycles. The van der Waals surface area contributed by atoms with Crippen LogP contribution in [-0.4, -0.2) is 25.4 Å². The Morgan fingerprint density at radius 3 is 2.50 bits per heavy atom. The summed E-state index contributed by atoms with van der Waals surface area (Å²) < 4.78 is 30.7. The first kappa shape index (κ1) is 13.5. The van der Waals surface area contributed by atoms with E-state index >= 15 is 0 Å². The van der Waals surface area contributed by atoms with E-state index in [0.717, 1.165) is 6.29 Å². The molecule has 1 unspecified atom stereocenters. The molecule has 4 heteroatoms. The van der Waals surface area contributed by atoms with Crippen LogP contribution in [0.4, 0.5) is 8.78 Å². The molecular weight excluding hydrogens is 190 g/mol. The fraction of sp³-hybridized carbons (Fsp3) is 0.900. The molecule has 0 saturated heterocycles. The van der Waals surface area contributed by atoms with E-state index in [1.54, 1.807) is 0 Å². The average molecular weight is 208 g/mol. The van der Waals surface area contributed by atoms with Crippen LogP contribution in [-0.2, 0) is 9.53 Å². The molecule has 0 heterocycles. The highest BCUT2D eigenvalue weighted by Gasteiger charge is 2.26. The minimum absolute atomic E-state index is 0.142. The van der Waals surface area contributed by atoms with Gasteiger partial charge in [-0.25, -0.2) is 8.78 Å². The van der Waals surface area contributed by atoms with E-state index in [0.29, 0.717) is 19.3 Å². The zero-order chi connectivity index (χ0) is 11.0. The average Bonchev–Trinajstić information content (AvgIpc) is 2.18. The SMILES string of the molecule is CCC(F)(F)CCC(CCC=O)OC. The summed E-state index contributed by atoms with van der Waals surface area (Å²) >= 11 is 0. The van der Waals surface area contributed by atoms with Crippen LogP contribution in [0.2, 0.25) is 0 Å². The van der Waals surface area contributed by atoms with Gasteiger partial charge in [-0.05, 0) is 12.8 Å². The van der Waals surface area contributed by atoms with Gasteiger partial charge in [0.05, 0.1) is 6.10 Å². The van der Waals surface area contributed by atoms with Crippen molar-refractivity contribution in [1.29, 1.82) is 0 Å². The van der Waals surface area contributed by atoms with Crippen LogP contribution < -0.4 is 0 Å². The quantitative estimate of drug-likeness (QED) is 0.573. The number of ether oxygens (including phenoxy) is 1. The van der Waals surface area contributed by atoms with Gasteiger partial charge in [-0.2, -0.15) is 0 Å². The summed E-state index contributed by atoms with van der Waals surface area (Å²) in [7, 11) is 1.49. The number of carbonyl (C=O) groups excluding carboxylic acids is 1. The third-order valence-electron chi connectivity index (χ3n) is 2.29. The Labute approximate surface area is 83.6 Å². The predicted octanol–water partition coefficient (Wildman–Crippen LogP) is 2.81. The number of carbonyl (C=O) groups is 1. The molecule has 1 atom stereocenters. The van der Waals surface area contributed by atoms with Crippen molar-refractivity contribution < 1.29 is 18.3 Å². The molecule has 0 aliphatic heterocycles. The van der Waals surface area contributed by atoms with Gasteiger partial charge >= 0.3 is 0 Å². The number of halogens is 2. The maximum absolute atomic E-state index is 12.8. The molecule has 2 nitrogen and oxygen atoms in total. The van der Waals surface area contributed by atoms with Crippen LogP contribution in [0.3, 0.4) is 0 Å². The molecule has 14 heavy (non-hydrogen) atoms. The molecule has 0 aromatic rings. The molecule has 0 aliphatic rings. The molecule has 0 aliphatic carbocycles. The Morgan fingerprint density at radius 2 is 2.07 bits per heavy atom. The van der Waals surface area contributed by atoms with Crippen molar-refractivity contribution in [2.24, 2.45) is 0 Å². The van der Waals surface area contributed by atoms with Crippen LogP contribution >= 0.6 is 0 Å². The summed E-state index contributed by atoms with van der Waals surface area (Å²) in [6.45, 7) is 1.47. The minimum Gasteiger partial charge on any atom is -0.381 e. The summed E-state index contributed by atoms with van der Waals surface area (Å²) in [5, 5.41) is 0. The summed E-state index contributed by atoms with van der Waals surface area (Å²) in [6.07, 6.45) is 1.46. The van der Waals surface area contributed by atoms with E-state index in [-0.39, 0.29) is 18.9 Å². The van der Waals surface area contributed by atoms with Gasteiger partial charge in [0.2, 0.25) is 5.92 Å². The highest BCUT2D eigenvalue weighted by Crippen LogP contribution is 2.25. The summed E-state index contributed by atoms with van der Waals surface area (Å²) in [5.74, 6) is -2.60.